The third-order valence-corrected chi connectivity index (χ3v) is 6.31. The van der Waals surface area contributed by atoms with Crippen LogP contribution in [0.4, 0.5) is 0 Å². The fourth-order valence-electron chi connectivity index (χ4n) is 4.40. The molecule has 2 N–H and O–H groups in total. The number of carboxylic acid groups (broad SMARTS) is 1. The Labute approximate surface area is 142 Å². The number of fused-ring (bicyclic) bond motifs is 2. The maximum atomic E-state index is 12.0. The van der Waals surface area contributed by atoms with Gasteiger partial charge >= 0.3 is 5.97 Å². The maximum absolute atomic E-state index is 12.0. The molecule has 2 saturated heterocycles. The van der Waals surface area contributed by atoms with Crippen molar-refractivity contribution < 1.29 is 15.0 Å². The Morgan fingerprint density at radius 2 is 1.78 bits per heavy atom. The number of nitrogens with zero attached hydrogens (tertiary/aromatic N) is 1. The quantitative estimate of drug-likeness (QED) is 0.887. The molecule has 5 atom stereocenters. The number of rotatable bonds is 4. The van der Waals surface area contributed by atoms with Gasteiger partial charge in [0, 0.05) is 17.1 Å². The first-order valence-electron chi connectivity index (χ1n) is 8.23. The molecule has 2 aliphatic rings. The van der Waals surface area contributed by atoms with Crippen LogP contribution in [0.25, 0.3) is 0 Å². The lowest BCUT2D eigenvalue weighted by atomic mass is 9.69. The fourth-order valence-corrected chi connectivity index (χ4v) is 4.53. The predicted molar refractivity (Wildman–Crippen MR) is 89.7 cm³/mol. The van der Waals surface area contributed by atoms with E-state index in [1.807, 2.05) is 0 Å². The van der Waals surface area contributed by atoms with Crippen LogP contribution < -0.4 is 0 Å². The smallest absolute Gasteiger partial charge is 0.316 e. The van der Waals surface area contributed by atoms with Gasteiger partial charge in [-0.1, -0.05) is 23.7 Å². The number of halogens is 1. The highest BCUT2D eigenvalue weighted by Crippen LogP contribution is 2.43. The molecule has 1 aromatic carbocycles. The van der Waals surface area contributed by atoms with E-state index in [9.17, 15) is 15.0 Å². The SMILES string of the molecule is CN1[C@@H]2CC[C@H]1CC([C@@H](O)C(C)(C(=O)O)c1ccc(Cl)cc1)C2. The summed E-state index contributed by atoms with van der Waals surface area (Å²) in [4.78, 5) is 14.4. The monoisotopic (exact) mass is 337 g/mol. The molecule has 2 aliphatic heterocycles. The molecule has 2 fully saturated rings. The molecule has 0 amide bonds. The summed E-state index contributed by atoms with van der Waals surface area (Å²) < 4.78 is 0. The minimum Gasteiger partial charge on any atom is -0.481 e. The Balaban J connectivity index is 1.89. The van der Waals surface area contributed by atoms with Gasteiger partial charge in [-0.2, -0.15) is 0 Å². The van der Waals surface area contributed by atoms with Gasteiger partial charge in [0.05, 0.1) is 6.10 Å². The predicted octanol–water partition coefficient (Wildman–Crippen LogP) is 2.92. The Morgan fingerprint density at radius 1 is 1.26 bits per heavy atom. The molecule has 126 valence electrons. The van der Waals surface area contributed by atoms with Gasteiger partial charge in [0.1, 0.15) is 5.41 Å². The summed E-state index contributed by atoms with van der Waals surface area (Å²) in [5.41, 5.74) is -0.710. The van der Waals surface area contributed by atoms with Crippen molar-refractivity contribution in [3.05, 3.63) is 34.9 Å². The topological polar surface area (TPSA) is 60.8 Å². The normalized spacial score (nSPS) is 31.6. The van der Waals surface area contributed by atoms with E-state index in [1.165, 1.54) is 0 Å². The van der Waals surface area contributed by atoms with Crippen LogP contribution in [0, 0.1) is 5.92 Å². The molecule has 1 aromatic rings. The summed E-state index contributed by atoms with van der Waals surface area (Å²) in [5.74, 6) is -0.973. The molecule has 0 saturated carbocycles. The van der Waals surface area contributed by atoms with Crippen molar-refractivity contribution in [1.29, 1.82) is 0 Å². The fraction of sp³-hybridized carbons (Fsp3) is 0.611. The minimum absolute atomic E-state index is 0.0143. The number of carbonyl (C=O) groups is 1. The van der Waals surface area contributed by atoms with Crippen molar-refractivity contribution >= 4 is 17.6 Å². The molecular formula is C18H24ClNO3. The van der Waals surface area contributed by atoms with E-state index in [1.54, 1.807) is 31.2 Å². The zero-order valence-corrected chi connectivity index (χ0v) is 14.3. The lowest BCUT2D eigenvalue weighted by Gasteiger charge is -2.42. The van der Waals surface area contributed by atoms with Crippen LogP contribution in [-0.2, 0) is 10.2 Å². The molecule has 23 heavy (non-hydrogen) atoms. The zero-order chi connectivity index (χ0) is 16.8. The van der Waals surface area contributed by atoms with Crippen molar-refractivity contribution in [2.45, 2.75) is 56.2 Å². The Kier molecular flexibility index (Phi) is 4.43. The summed E-state index contributed by atoms with van der Waals surface area (Å²) in [7, 11) is 2.14. The van der Waals surface area contributed by atoms with Gasteiger partial charge in [-0.05, 0) is 63.3 Å². The van der Waals surface area contributed by atoms with E-state index < -0.39 is 17.5 Å². The van der Waals surface area contributed by atoms with Crippen molar-refractivity contribution in [1.82, 2.24) is 4.90 Å². The summed E-state index contributed by atoms with van der Waals surface area (Å²) in [6.07, 6.45) is 3.12. The first-order valence-corrected chi connectivity index (χ1v) is 8.61. The number of hydrogen-bond acceptors (Lipinski definition) is 3. The first-order chi connectivity index (χ1) is 10.8. The highest BCUT2D eigenvalue weighted by atomic mass is 35.5. The molecule has 2 bridgehead atoms. The number of carboxylic acids is 1. The minimum atomic E-state index is -1.31. The number of piperidine rings is 1. The number of aliphatic hydroxyl groups excluding tert-OH is 1. The standard InChI is InChI=1S/C18H24ClNO3/c1-18(17(22)23,12-3-5-13(19)6-4-12)16(21)11-9-14-7-8-15(10-11)20(14)2/h3-6,11,14-16,21H,7-10H2,1-2H3,(H,22,23)/t11?,14-,15+,16-,18?/m1/s1. The summed E-state index contributed by atoms with van der Waals surface area (Å²) >= 11 is 5.92. The van der Waals surface area contributed by atoms with Crippen LogP contribution in [0.1, 0.15) is 38.2 Å². The second-order valence-corrected chi connectivity index (χ2v) is 7.68. The van der Waals surface area contributed by atoms with Crippen molar-refractivity contribution in [3.63, 3.8) is 0 Å². The number of aliphatic hydroxyl groups is 1. The van der Waals surface area contributed by atoms with E-state index in [2.05, 4.69) is 11.9 Å². The molecule has 0 aromatic heterocycles. The molecule has 0 spiro atoms. The number of benzene rings is 1. The van der Waals surface area contributed by atoms with E-state index in [0.29, 0.717) is 22.7 Å². The lowest BCUT2D eigenvalue weighted by Crippen LogP contribution is -2.52. The van der Waals surface area contributed by atoms with Gasteiger partial charge in [0.15, 0.2) is 0 Å². The average Bonchev–Trinajstić information content (AvgIpc) is 2.75. The van der Waals surface area contributed by atoms with Crippen molar-refractivity contribution in [2.75, 3.05) is 7.05 Å². The highest BCUT2D eigenvalue weighted by molar-refractivity contribution is 6.30. The molecule has 0 radical (unpaired) electrons. The van der Waals surface area contributed by atoms with E-state index in [4.69, 9.17) is 11.6 Å². The number of hydrogen-bond donors (Lipinski definition) is 2. The largest absolute Gasteiger partial charge is 0.481 e. The Bertz CT molecular complexity index is 576. The molecular weight excluding hydrogens is 314 g/mol. The third kappa shape index (κ3) is 2.77. The van der Waals surface area contributed by atoms with Crippen LogP contribution in [0.3, 0.4) is 0 Å². The molecule has 3 rings (SSSR count). The van der Waals surface area contributed by atoms with Gasteiger partial charge in [-0.15, -0.1) is 0 Å². The van der Waals surface area contributed by atoms with E-state index >= 15 is 0 Å². The van der Waals surface area contributed by atoms with Crippen LogP contribution >= 0.6 is 11.6 Å². The average molecular weight is 338 g/mol. The lowest BCUT2D eigenvalue weighted by molar-refractivity contribution is -0.150. The second-order valence-electron chi connectivity index (χ2n) is 7.24. The van der Waals surface area contributed by atoms with E-state index in [0.717, 1.165) is 25.7 Å². The van der Waals surface area contributed by atoms with Crippen LogP contribution in [0.2, 0.25) is 5.02 Å². The molecule has 4 nitrogen and oxygen atoms in total. The van der Waals surface area contributed by atoms with Crippen LogP contribution in [-0.4, -0.2) is 46.3 Å². The van der Waals surface area contributed by atoms with Gasteiger partial charge < -0.3 is 15.1 Å². The van der Waals surface area contributed by atoms with Gasteiger partial charge in [-0.25, -0.2) is 0 Å². The van der Waals surface area contributed by atoms with Crippen LogP contribution in [0.15, 0.2) is 24.3 Å². The van der Waals surface area contributed by atoms with Crippen molar-refractivity contribution in [3.8, 4) is 0 Å². The van der Waals surface area contributed by atoms with Crippen LogP contribution in [0.5, 0.6) is 0 Å². The summed E-state index contributed by atoms with van der Waals surface area (Å²) in [6, 6.07) is 7.73. The maximum Gasteiger partial charge on any atom is 0.316 e. The molecule has 5 heteroatoms. The Hall–Kier alpha value is -1.10. The molecule has 2 unspecified atom stereocenters. The molecule has 0 aliphatic carbocycles. The first kappa shape index (κ1) is 16.7. The summed E-state index contributed by atoms with van der Waals surface area (Å²) in [5, 5.41) is 21.4. The Morgan fingerprint density at radius 3 is 2.26 bits per heavy atom. The zero-order valence-electron chi connectivity index (χ0n) is 13.6. The van der Waals surface area contributed by atoms with E-state index in [-0.39, 0.29) is 5.92 Å². The van der Waals surface area contributed by atoms with Gasteiger partial charge in [-0.3, -0.25) is 4.79 Å². The number of aliphatic carboxylic acids is 1. The summed E-state index contributed by atoms with van der Waals surface area (Å²) in [6.45, 7) is 1.63. The van der Waals surface area contributed by atoms with Gasteiger partial charge in [0.2, 0.25) is 0 Å². The third-order valence-electron chi connectivity index (χ3n) is 6.06. The molecule has 2 heterocycles. The van der Waals surface area contributed by atoms with Gasteiger partial charge in [0.25, 0.3) is 0 Å². The van der Waals surface area contributed by atoms with Crippen molar-refractivity contribution in [2.24, 2.45) is 5.92 Å². The highest BCUT2D eigenvalue weighted by Gasteiger charge is 2.50. The second kappa shape index (κ2) is 6.08.